The molecule has 2 aromatic carbocycles. The van der Waals surface area contributed by atoms with E-state index in [9.17, 15) is 9.18 Å². The minimum atomic E-state index is -0.572. The standard InChI is InChI=1S/C20H22ClFN2O3/c1-24-7-3-4-16(24)12-27-20(25)23-19-6-5-15(22)11-18(19)13-8-14(21)10-17(9-13)26-2/h5-6,8-11,16H,3-4,7,12H2,1-2H3,(H,23,25)/t16-/m0/s1. The fourth-order valence-electron chi connectivity index (χ4n) is 3.21. The Labute approximate surface area is 163 Å². The molecule has 1 heterocycles. The third-order valence-corrected chi connectivity index (χ3v) is 4.93. The number of carbonyl (C=O) groups excluding carboxylic acids is 1. The Balaban J connectivity index is 1.78. The third kappa shape index (κ3) is 4.90. The van der Waals surface area contributed by atoms with Crippen molar-refractivity contribution in [2.24, 2.45) is 0 Å². The van der Waals surface area contributed by atoms with E-state index in [0.717, 1.165) is 19.4 Å². The van der Waals surface area contributed by atoms with Crippen LogP contribution in [0.15, 0.2) is 36.4 Å². The first kappa shape index (κ1) is 19.5. The molecule has 0 unspecified atom stereocenters. The molecule has 3 rings (SSSR count). The highest BCUT2D eigenvalue weighted by atomic mass is 35.5. The van der Waals surface area contributed by atoms with E-state index in [1.165, 1.54) is 25.3 Å². The van der Waals surface area contributed by atoms with Crippen LogP contribution in [-0.2, 0) is 4.74 Å². The van der Waals surface area contributed by atoms with Crippen LogP contribution in [0.5, 0.6) is 5.75 Å². The molecule has 0 aliphatic carbocycles. The number of ether oxygens (including phenoxy) is 2. The lowest BCUT2D eigenvalue weighted by Crippen LogP contribution is -2.31. The zero-order valence-corrected chi connectivity index (χ0v) is 16.1. The number of methoxy groups -OCH3 is 1. The van der Waals surface area contributed by atoms with Crippen molar-refractivity contribution in [3.63, 3.8) is 0 Å². The number of benzene rings is 2. The van der Waals surface area contributed by atoms with Crippen molar-refractivity contribution in [3.8, 4) is 16.9 Å². The zero-order valence-electron chi connectivity index (χ0n) is 15.3. The highest BCUT2D eigenvalue weighted by Crippen LogP contribution is 2.34. The molecule has 1 aliphatic heterocycles. The maximum Gasteiger partial charge on any atom is 0.411 e. The van der Waals surface area contributed by atoms with E-state index in [0.29, 0.717) is 34.2 Å². The van der Waals surface area contributed by atoms with Crippen molar-refractivity contribution in [2.75, 3.05) is 32.6 Å². The molecule has 2 aromatic rings. The molecule has 1 saturated heterocycles. The minimum absolute atomic E-state index is 0.237. The van der Waals surface area contributed by atoms with Gasteiger partial charge in [-0.25, -0.2) is 9.18 Å². The Morgan fingerprint density at radius 3 is 2.85 bits per heavy atom. The quantitative estimate of drug-likeness (QED) is 0.794. The van der Waals surface area contributed by atoms with Gasteiger partial charge >= 0.3 is 6.09 Å². The van der Waals surface area contributed by atoms with E-state index in [1.54, 1.807) is 18.2 Å². The highest BCUT2D eigenvalue weighted by Gasteiger charge is 2.22. The largest absolute Gasteiger partial charge is 0.497 e. The molecule has 1 fully saturated rings. The van der Waals surface area contributed by atoms with Gasteiger partial charge in [0.1, 0.15) is 18.2 Å². The molecule has 1 aliphatic rings. The van der Waals surface area contributed by atoms with E-state index in [1.807, 2.05) is 7.05 Å². The Hall–Kier alpha value is -2.31. The van der Waals surface area contributed by atoms with Crippen molar-refractivity contribution < 1.29 is 18.7 Å². The number of nitrogens with zero attached hydrogens (tertiary/aromatic N) is 1. The van der Waals surface area contributed by atoms with E-state index in [-0.39, 0.29) is 6.04 Å². The number of hydrogen-bond acceptors (Lipinski definition) is 4. The van der Waals surface area contributed by atoms with Gasteiger partial charge in [0.05, 0.1) is 12.8 Å². The maximum absolute atomic E-state index is 13.8. The molecule has 27 heavy (non-hydrogen) atoms. The molecule has 1 atom stereocenters. The molecule has 0 aromatic heterocycles. The van der Waals surface area contributed by atoms with Gasteiger partial charge in [0.15, 0.2) is 0 Å². The first-order valence-corrected chi connectivity index (χ1v) is 9.12. The van der Waals surface area contributed by atoms with Gasteiger partial charge in [-0.2, -0.15) is 0 Å². The number of amides is 1. The van der Waals surface area contributed by atoms with Crippen molar-refractivity contribution in [3.05, 3.63) is 47.2 Å². The summed E-state index contributed by atoms with van der Waals surface area (Å²) >= 11 is 6.12. The number of likely N-dealkylation sites (N-methyl/N-ethyl adjacent to an activating group) is 1. The van der Waals surface area contributed by atoms with E-state index < -0.39 is 11.9 Å². The fraction of sp³-hybridized carbons (Fsp3) is 0.350. The minimum Gasteiger partial charge on any atom is -0.497 e. The maximum atomic E-state index is 13.8. The Morgan fingerprint density at radius 2 is 2.15 bits per heavy atom. The summed E-state index contributed by atoms with van der Waals surface area (Å²) in [6.45, 7) is 1.33. The van der Waals surface area contributed by atoms with Gasteiger partial charge in [-0.1, -0.05) is 11.6 Å². The number of carbonyl (C=O) groups is 1. The molecular weight excluding hydrogens is 371 g/mol. The molecule has 144 valence electrons. The van der Waals surface area contributed by atoms with E-state index in [4.69, 9.17) is 21.1 Å². The predicted molar refractivity (Wildman–Crippen MR) is 104 cm³/mol. The Bertz CT molecular complexity index is 831. The molecule has 1 N–H and O–H groups in total. The summed E-state index contributed by atoms with van der Waals surface area (Å²) in [5.41, 5.74) is 1.56. The summed E-state index contributed by atoms with van der Waals surface area (Å²) < 4.78 is 24.4. The SMILES string of the molecule is COc1cc(Cl)cc(-c2cc(F)ccc2NC(=O)OC[C@@H]2CCCN2C)c1. The van der Waals surface area contributed by atoms with Gasteiger partial charge in [-0.05, 0) is 68.4 Å². The zero-order chi connectivity index (χ0) is 19.4. The van der Waals surface area contributed by atoms with Crippen LogP contribution >= 0.6 is 11.6 Å². The number of anilines is 1. The molecule has 0 saturated carbocycles. The predicted octanol–water partition coefficient (Wildman–Crippen LogP) is 4.80. The second-order valence-corrected chi connectivity index (χ2v) is 7.01. The van der Waals surface area contributed by atoms with Gasteiger partial charge < -0.3 is 14.4 Å². The summed E-state index contributed by atoms with van der Waals surface area (Å²) in [6, 6.07) is 9.43. The normalized spacial score (nSPS) is 17.0. The molecular formula is C20H22ClFN2O3. The number of halogens is 2. The third-order valence-electron chi connectivity index (χ3n) is 4.71. The molecule has 0 radical (unpaired) electrons. The van der Waals surface area contributed by atoms with Crippen LogP contribution in [0.25, 0.3) is 11.1 Å². The van der Waals surface area contributed by atoms with Crippen LogP contribution < -0.4 is 10.1 Å². The van der Waals surface area contributed by atoms with Crippen molar-refractivity contribution in [2.45, 2.75) is 18.9 Å². The lowest BCUT2D eigenvalue weighted by atomic mass is 10.0. The van der Waals surface area contributed by atoms with Crippen molar-refractivity contribution >= 4 is 23.4 Å². The van der Waals surface area contributed by atoms with Gasteiger partial charge in [0.2, 0.25) is 0 Å². The van der Waals surface area contributed by atoms with E-state index >= 15 is 0 Å². The average Bonchev–Trinajstić information content (AvgIpc) is 3.05. The summed E-state index contributed by atoms with van der Waals surface area (Å²) in [7, 11) is 3.54. The summed E-state index contributed by atoms with van der Waals surface area (Å²) in [4.78, 5) is 14.4. The summed E-state index contributed by atoms with van der Waals surface area (Å²) in [5.74, 6) is 0.120. The number of hydrogen-bond donors (Lipinski definition) is 1. The Kier molecular flexibility index (Phi) is 6.19. The van der Waals surface area contributed by atoms with Crippen LogP contribution in [-0.4, -0.2) is 44.3 Å². The monoisotopic (exact) mass is 392 g/mol. The molecule has 7 heteroatoms. The summed E-state index contributed by atoms with van der Waals surface area (Å²) in [5, 5.41) is 3.15. The second kappa shape index (κ2) is 8.59. The number of rotatable bonds is 5. The topological polar surface area (TPSA) is 50.8 Å². The van der Waals surface area contributed by atoms with Gasteiger partial charge in [-0.3, -0.25) is 5.32 Å². The van der Waals surface area contributed by atoms with Crippen LogP contribution in [0.1, 0.15) is 12.8 Å². The smallest absolute Gasteiger partial charge is 0.411 e. The highest BCUT2D eigenvalue weighted by molar-refractivity contribution is 6.31. The van der Waals surface area contributed by atoms with Crippen LogP contribution in [0.4, 0.5) is 14.9 Å². The van der Waals surface area contributed by atoms with Crippen LogP contribution in [0.3, 0.4) is 0 Å². The first-order valence-electron chi connectivity index (χ1n) is 8.75. The molecule has 1 amide bonds. The molecule has 0 bridgehead atoms. The average molecular weight is 393 g/mol. The van der Waals surface area contributed by atoms with Gasteiger partial charge in [0, 0.05) is 16.6 Å². The fourth-order valence-corrected chi connectivity index (χ4v) is 3.43. The number of nitrogens with one attached hydrogen (secondary N) is 1. The lowest BCUT2D eigenvalue weighted by Gasteiger charge is -2.19. The van der Waals surface area contributed by atoms with Crippen molar-refractivity contribution in [1.29, 1.82) is 0 Å². The molecule has 0 spiro atoms. The number of likely N-dealkylation sites (tertiary alicyclic amines) is 1. The van der Waals surface area contributed by atoms with Crippen LogP contribution in [0, 0.1) is 5.82 Å². The van der Waals surface area contributed by atoms with Crippen molar-refractivity contribution in [1.82, 2.24) is 4.90 Å². The van der Waals surface area contributed by atoms with Gasteiger partial charge in [0.25, 0.3) is 0 Å². The Morgan fingerprint density at radius 1 is 1.33 bits per heavy atom. The van der Waals surface area contributed by atoms with Gasteiger partial charge in [-0.15, -0.1) is 0 Å². The lowest BCUT2D eigenvalue weighted by molar-refractivity contribution is 0.127. The van der Waals surface area contributed by atoms with Crippen LogP contribution in [0.2, 0.25) is 5.02 Å². The van der Waals surface area contributed by atoms with E-state index in [2.05, 4.69) is 10.2 Å². The molecule has 5 nitrogen and oxygen atoms in total. The second-order valence-electron chi connectivity index (χ2n) is 6.57. The first-order chi connectivity index (χ1) is 13.0. The summed E-state index contributed by atoms with van der Waals surface area (Å²) in [6.07, 6.45) is 1.54.